The first-order chi connectivity index (χ1) is 12.6. The summed E-state index contributed by atoms with van der Waals surface area (Å²) in [6.07, 6.45) is 0. The van der Waals surface area contributed by atoms with Gasteiger partial charge >= 0.3 is 0 Å². The highest BCUT2D eigenvalue weighted by Gasteiger charge is 2.09. The number of aryl methyl sites for hydroxylation is 1. The van der Waals surface area contributed by atoms with Gasteiger partial charge in [-0.05, 0) is 54.1 Å². The molecule has 0 aliphatic heterocycles. The normalized spacial score (nSPS) is 9.92. The van der Waals surface area contributed by atoms with Crippen LogP contribution in [0.5, 0.6) is 0 Å². The predicted molar refractivity (Wildman–Crippen MR) is 110 cm³/mol. The second kappa shape index (κ2) is 8.20. The minimum Gasteiger partial charge on any atom is -0.205 e. The summed E-state index contributed by atoms with van der Waals surface area (Å²) in [6.45, 7) is 2.06. The van der Waals surface area contributed by atoms with Crippen LogP contribution in [-0.4, -0.2) is 0 Å². The lowest BCUT2D eigenvalue weighted by molar-refractivity contribution is 0.630. The lowest BCUT2D eigenvalue weighted by atomic mass is 10.0. The zero-order valence-corrected chi connectivity index (χ0v) is 16.1. The number of thiocyanates is 1. The van der Waals surface area contributed by atoms with Crippen molar-refractivity contribution in [3.63, 3.8) is 0 Å². The van der Waals surface area contributed by atoms with Gasteiger partial charge in [-0.15, -0.1) is 9.24 Å². The van der Waals surface area contributed by atoms with Crippen molar-refractivity contribution in [2.45, 2.75) is 11.8 Å². The molecule has 0 amide bonds. The van der Waals surface area contributed by atoms with E-state index in [0.717, 1.165) is 28.5 Å². The van der Waals surface area contributed by atoms with Gasteiger partial charge in [-0.25, -0.2) is 4.39 Å². The van der Waals surface area contributed by atoms with E-state index >= 15 is 0 Å². The van der Waals surface area contributed by atoms with Gasteiger partial charge in [0.05, 0.1) is 5.56 Å². The molecular formula is C22H15FNPS. The highest BCUT2D eigenvalue weighted by atomic mass is 32.2. The third kappa shape index (κ3) is 4.14. The highest BCUT2D eigenvalue weighted by Crippen LogP contribution is 2.21. The Balaban J connectivity index is 1.84. The van der Waals surface area contributed by atoms with Crippen LogP contribution in [0.1, 0.15) is 16.7 Å². The smallest absolute Gasteiger partial charge is 0.147 e. The Bertz CT molecular complexity index is 1040. The van der Waals surface area contributed by atoms with Crippen LogP contribution >= 0.6 is 21.0 Å². The van der Waals surface area contributed by atoms with Gasteiger partial charge in [0.15, 0.2) is 0 Å². The summed E-state index contributed by atoms with van der Waals surface area (Å²) in [5.74, 6) is 5.47. The molecule has 3 rings (SSSR count). The van der Waals surface area contributed by atoms with E-state index in [-0.39, 0.29) is 0 Å². The van der Waals surface area contributed by atoms with Gasteiger partial charge in [0.25, 0.3) is 0 Å². The summed E-state index contributed by atoms with van der Waals surface area (Å²) in [5, 5.41) is 11.1. The third-order valence-corrected chi connectivity index (χ3v) is 5.35. The van der Waals surface area contributed by atoms with Gasteiger partial charge in [0.2, 0.25) is 0 Å². The molecule has 4 heteroatoms. The van der Waals surface area contributed by atoms with Crippen molar-refractivity contribution in [1.82, 2.24) is 0 Å². The number of benzene rings is 3. The van der Waals surface area contributed by atoms with Gasteiger partial charge in [0.1, 0.15) is 11.2 Å². The lowest BCUT2D eigenvalue weighted by Gasteiger charge is -2.04. The van der Waals surface area contributed by atoms with Crippen LogP contribution in [0.4, 0.5) is 4.39 Å². The van der Waals surface area contributed by atoms with Crippen molar-refractivity contribution in [3.05, 3.63) is 83.2 Å². The second-order valence-corrected chi connectivity index (χ2v) is 7.13. The maximum absolute atomic E-state index is 14.4. The number of nitrogens with zero attached hydrogens (tertiary/aromatic N) is 1. The number of halogens is 1. The molecule has 0 aliphatic carbocycles. The van der Waals surface area contributed by atoms with Crippen molar-refractivity contribution < 1.29 is 4.39 Å². The zero-order chi connectivity index (χ0) is 18.5. The summed E-state index contributed by atoms with van der Waals surface area (Å²) in [7, 11) is 2.34. The third-order valence-electron chi connectivity index (χ3n) is 3.91. The monoisotopic (exact) mass is 375 g/mol. The topological polar surface area (TPSA) is 23.8 Å². The van der Waals surface area contributed by atoms with E-state index in [1.807, 2.05) is 29.7 Å². The molecule has 0 aliphatic rings. The fraction of sp³-hybridized carbons (Fsp3) is 0.0455. The molecule has 0 aromatic heterocycles. The molecule has 126 valence electrons. The minimum atomic E-state index is -0.404. The Morgan fingerprint density at radius 2 is 1.50 bits per heavy atom. The van der Waals surface area contributed by atoms with E-state index in [1.54, 1.807) is 12.1 Å². The Kier molecular flexibility index (Phi) is 5.75. The molecule has 3 aromatic rings. The van der Waals surface area contributed by atoms with Gasteiger partial charge in [-0.3, -0.25) is 0 Å². The van der Waals surface area contributed by atoms with E-state index in [1.165, 1.54) is 5.56 Å². The van der Waals surface area contributed by atoms with Crippen LogP contribution in [0.25, 0.3) is 11.1 Å². The molecule has 0 N–H and O–H groups in total. The molecule has 0 saturated carbocycles. The molecule has 0 radical (unpaired) electrons. The standard InChI is InChI=1S/C22H15FNPS/c1-15-2-7-17(8-3-15)18-9-4-16(5-10-18)6-11-19-12-13-20(26-14-24)22(25)21(19)23/h2-5,7-10,12-13H,25H2,1H3. The molecule has 3 aromatic carbocycles. The SMILES string of the molecule is Cc1ccc(-c2ccc(C#Cc3ccc(SC#N)c(P)c3F)cc2)cc1. The van der Waals surface area contributed by atoms with E-state index in [0.29, 0.717) is 15.8 Å². The molecule has 1 nitrogen and oxygen atoms in total. The highest BCUT2D eigenvalue weighted by molar-refractivity contribution is 8.04. The van der Waals surface area contributed by atoms with E-state index in [2.05, 4.69) is 52.3 Å². The van der Waals surface area contributed by atoms with E-state index in [4.69, 9.17) is 5.26 Å². The van der Waals surface area contributed by atoms with Crippen molar-refractivity contribution in [3.8, 4) is 28.4 Å². The molecule has 1 atom stereocenters. The Morgan fingerprint density at radius 1 is 0.885 bits per heavy atom. The zero-order valence-electron chi connectivity index (χ0n) is 14.1. The summed E-state index contributed by atoms with van der Waals surface area (Å²) in [5.41, 5.74) is 4.64. The summed E-state index contributed by atoms with van der Waals surface area (Å²) < 4.78 is 14.4. The largest absolute Gasteiger partial charge is 0.205 e. The van der Waals surface area contributed by atoms with Crippen LogP contribution in [-0.2, 0) is 0 Å². The van der Waals surface area contributed by atoms with Crippen molar-refractivity contribution in [2.24, 2.45) is 0 Å². The number of thioether (sulfide) groups is 1. The fourth-order valence-electron chi connectivity index (χ4n) is 2.44. The molecule has 0 saturated heterocycles. The van der Waals surface area contributed by atoms with Gasteiger partial charge in [-0.2, -0.15) is 5.26 Å². The maximum Gasteiger partial charge on any atom is 0.147 e. The molecule has 0 spiro atoms. The molecule has 1 unspecified atom stereocenters. The maximum atomic E-state index is 14.4. The molecule has 0 bridgehead atoms. The summed E-state index contributed by atoms with van der Waals surface area (Å²) >= 11 is 0.936. The predicted octanol–water partition coefficient (Wildman–Crippen LogP) is 5.27. The first-order valence-electron chi connectivity index (χ1n) is 7.91. The van der Waals surface area contributed by atoms with E-state index < -0.39 is 5.82 Å². The summed E-state index contributed by atoms with van der Waals surface area (Å²) in [6, 6.07) is 19.6. The first kappa shape index (κ1) is 18.2. The van der Waals surface area contributed by atoms with Crippen LogP contribution < -0.4 is 5.30 Å². The van der Waals surface area contributed by atoms with Crippen LogP contribution in [0.2, 0.25) is 0 Å². The lowest BCUT2D eigenvalue weighted by Crippen LogP contribution is -2.04. The number of nitriles is 1. The Hall–Kier alpha value is -2.58. The van der Waals surface area contributed by atoms with Crippen LogP contribution in [0.3, 0.4) is 0 Å². The molecule has 26 heavy (non-hydrogen) atoms. The number of hydrogen-bond acceptors (Lipinski definition) is 2. The van der Waals surface area contributed by atoms with Gasteiger partial charge in [0, 0.05) is 15.8 Å². The molecular weight excluding hydrogens is 360 g/mol. The minimum absolute atomic E-state index is 0.319. The number of hydrogen-bond donors (Lipinski definition) is 0. The average molecular weight is 375 g/mol. The van der Waals surface area contributed by atoms with E-state index in [9.17, 15) is 4.39 Å². The van der Waals surface area contributed by atoms with Crippen LogP contribution in [0.15, 0.2) is 65.6 Å². The first-order valence-corrected chi connectivity index (χ1v) is 9.31. The van der Waals surface area contributed by atoms with Crippen LogP contribution in [0, 0.1) is 35.2 Å². The summed E-state index contributed by atoms with van der Waals surface area (Å²) in [4.78, 5) is 0.586. The van der Waals surface area contributed by atoms with Gasteiger partial charge < -0.3 is 0 Å². The fourth-order valence-corrected chi connectivity index (χ4v) is 3.30. The quantitative estimate of drug-likeness (QED) is 0.264. The van der Waals surface area contributed by atoms with Crippen molar-refractivity contribution in [2.75, 3.05) is 0 Å². The van der Waals surface area contributed by atoms with Gasteiger partial charge in [-0.1, -0.05) is 53.8 Å². The Morgan fingerprint density at radius 3 is 2.12 bits per heavy atom. The second-order valence-electron chi connectivity index (χ2n) is 5.73. The Labute approximate surface area is 159 Å². The van der Waals surface area contributed by atoms with Crippen molar-refractivity contribution >= 4 is 26.3 Å². The van der Waals surface area contributed by atoms with Crippen molar-refractivity contribution in [1.29, 1.82) is 5.26 Å². The number of rotatable bonds is 2. The molecule has 0 heterocycles. The molecule has 0 fully saturated rings. The average Bonchev–Trinajstić information content (AvgIpc) is 2.66.